The highest BCUT2D eigenvalue weighted by atomic mass is 32.2. The predicted octanol–water partition coefficient (Wildman–Crippen LogP) is 8.47. The molecule has 0 unspecified atom stereocenters. The molecule has 6 aromatic carbocycles. The lowest BCUT2D eigenvalue weighted by Gasteiger charge is -2.09. The number of phenolic OH excluding ortho intramolecular Hbond substituents is 2. The highest BCUT2D eigenvalue weighted by molar-refractivity contribution is 7.85. The number of anilines is 3. The van der Waals surface area contributed by atoms with Crippen molar-refractivity contribution < 1.29 is 56.9 Å². The van der Waals surface area contributed by atoms with E-state index < -0.39 is 28.0 Å². The van der Waals surface area contributed by atoms with E-state index in [1.54, 1.807) is 18.2 Å². The molecule has 15 nitrogen and oxygen atoms in total. The number of carboxylic acid groups (broad SMARTS) is 1. The van der Waals surface area contributed by atoms with Gasteiger partial charge in [-0.3, -0.25) is 4.18 Å². The summed E-state index contributed by atoms with van der Waals surface area (Å²) in [6, 6.07) is 38.1. The van der Waals surface area contributed by atoms with Gasteiger partial charge in [-0.1, -0.05) is 89.5 Å². The van der Waals surface area contributed by atoms with Crippen molar-refractivity contribution >= 4 is 45.1 Å². The van der Waals surface area contributed by atoms with Crippen LogP contribution in [-0.4, -0.2) is 86.9 Å². The van der Waals surface area contributed by atoms with Gasteiger partial charge in [-0.15, -0.1) is 0 Å². The van der Waals surface area contributed by atoms with Gasteiger partial charge in [-0.05, 0) is 111 Å². The van der Waals surface area contributed by atoms with Crippen molar-refractivity contribution in [2.45, 2.75) is 40.0 Å². The average Bonchev–Trinajstić information content (AvgIpc) is 3.30. The average molecular weight is 938 g/mol. The van der Waals surface area contributed by atoms with Gasteiger partial charge in [0.1, 0.15) is 33.9 Å². The Morgan fingerprint density at radius 2 is 0.896 bits per heavy atom. The van der Waals surface area contributed by atoms with Crippen LogP contribution < -0.4 is 16.4 Å². The number of aromatic carboxylic acids is 1. The number of benzene rings is 6. The number of carbonyl (C=O) groups is 3. The summed E-state index contributed by atoms with van der Waals surface area (Å²) in [5.41, 5.74) is 14.6. The van der Waals surface area contributed by atoms with Gasteiger partial charge in [0.2, 0.25) is 0 Å². The lowest BCUT2D eigenvalue weighted by Crippen LogP contribution is -2.07. The van der Waals surface area contributed by atoms with E-state index >= 15 is 0 Å². The third-order valence-corrected chi connectivity index (χ3v) is 10.2. The number of ether oxygens (including phenoxy) is 2. The van der Waals surface area contributed by atoms with Gasteiger partial charge >= 0.3 is 17.9 Å². The molecule has 0 bridgehead atoms. The van der Waals surface area contributed by atoms with Crippen molar-refractivity contribution in [1.82, 2.24) is 0 Å². The molecular weight excluding hydrogens is 879 g/mol. The number of phenols is 3. The molecule has 0 heterocycles. The zero-order chi connectivity index (χ0) is 49.5. The quantitative estimate of drug-likeness (QED) is 0.0221. The zero-order valence-electron chi connectivity index (χ0n) is 38.4. The number of nitrogen functional groups attached to an aromatic ring is 1. The van der Waals surface area contributed by atoms with E-state index in [1.807, 2.05) is 38.1 Å². The molecule has 0 aromatic heterocycles. The minimum absolute atomic E-state index is 0.0778. The third kappa shape index (κ3) is 20.0. The molecule has 0 fully saturated rings. The first-order valence-corrected chi connectivity index (χ1v) is 22.7. The molecular formula is C51H59N3O12S. The number of carbonyl (C=O) groups excluding carboxylic acids is 2. The zero-order valence-corrected chi connectivity index (χ0v) is 39.2. The first kappa shape index (κ1) is 53.8. The first-order valence-electron chi connectivity index (χ1n) is 20.9. The molecule has 0 saturated heterocycles. The highest BCUT2D eigenvalue weighted by Gasteiger charge is 2.13. The number of nitrogens with one attached hydrogen (secondary N) is 2. The van der Waals surface area contributed by atoms with Crippen LogP contribution in [0.25, 0.3) is 0 Å². The summed E-state index contributed by atoms with van der Waals surface area (Å²) in [6.07, 6.45) is 3.41. The fourth-order valence-corrected chi connectivity index (χ4v) is 6.23. The molecule has 0 spiro atoms. The predicted molar refractivity (Wildman–Crippen MR) is 261 cm³/mol. The molecule has 0 aliphatic carbocycles. The number of methoxy groups -OCH3 is 2. The molecule has 8 N–H and O–H groups in total. The van der Waals surface area contributed by atoms with Crippen molar-refractivity contribution in [2.24, 2.45) is 0 Å². The second-order valence-corrected chi connectivity index (χ2v) is 16.8. The van der Waals surface area contributed by atoms with Crippen molar-refractivity contribution in [3.05, 3.63) is 177 Å². The van der Waals surface area contributed by atoms with E-state index in [4.69, 9.17) is 10.8 Å². The van der Waals surface area contributed by atoms with E-state index in [-0.39, 0.29) is 40.5 Å². The van der Waals surface area contributed by atoms with Gasteiger partial charge in [-0.2, -0.15) is 8.42 Å². The fourth-order valence-electron chi connectivity index (χ4n) is 5.84. The van der Waals surface area contributed by atoms with Crippen LogP contribution in [0.15, 0.2) is 127 Å². The summed E-state index contributed by atoms with van der Waals surface area (Å²) >= 11 is 0. The van der Waals surface area contributed by atoms with Gasteiger partial charge < -0.3 is 46.3 Å². The molecule has 67 heavy (non-hydrogen) atoms. The SMILES string of the molecule is COC(=O)c1cc(N)ccc1O.COC(=O)c1cc(NCCc2ccc(C)cc2)ccc1O.Cc1ccc(CCNc2ccc(O)c(C(=O)O)c2)cc1.Cc1ccc(CCOS(C)(=O)=O)cc1. The van der Waals surface area contributed by atoms with Crippen molar-refractivity contribution in [1.29, 1.82) is 0 Å². The summed E-state index contributed by atoms with van der Waals surface area (Å²) in [4.78, 5) is 33.4. The summed E-state index contributed by atoms with van der Waals surface area (Å²) in [7, 11) is -0.770. The summed E-state index contributed by atoms with van der Waals surface area (Å²) in [6.45, 7) is 7.78. The molecule has 0 aliphatic heterocycles. The minimum atomic E-state index is -3.30. The van der Waals surface area contributed by atoms with E-state index in [1.165, 1.54) is 78.4 Å². The Balaban J connectivity index is 0.000000243. The van der Waals surface area contributed by atoms with Crippen molar-refractivity contribution in [3.63, 3.8) is 0 Å². The fraction of sp³-hybridized carbons (Fsp3) is 0.235. The lowest BCUT2D eigenvalue weighted by molar-refractivity contribution is 0.0588. The molecule has 16 heteroatoms. The number of hydrogen-bond donors (Lipinski definition) is 7. The summed E-state index contributed by atoms with van der Waals surface area (Å²) < 4.78 is 35.0. The Morgan fingerprint density at radius 3 is 1.28 bits per heavy atom. The van der Waals surface area contributed by atoms with Crippen LogP contribution in [0.3, 0.4) is 0 Å². The number of carboxylic acids is 1. The summed E-state index contributed by atoms with van der Waals surface area (Å²) in [5.74, 6) is -2.71. The number of rotatable bonds is 15. The number of aryl methyl sites for hydroxylation is 3. The van der Waals surface area contributed by atoms with Crippen LogP contribution in [0.5, 0.6) is 17.2 Å². The third-order valence-electron chi connectivity index (χ3n) is 9.59. The molecule has 0 radical (unpaired) electrons. The van der Waals surface area contributed by atoms with E-state index in [2.05, 4.69) is 79.7 Å². The molecule has 6 rings (SSSR count). The Hall–Kier alpha value is -7.56. The maximum Gasteiger partial charge on any atom is 0.341 e. The van der Waals surface area contributed by atoms with Crippen LogP contribution in [-0.2, 0) is 43.0 Å². The Bertz CT molecular complexity index is 2640. The van der Waals surface area contributed by atoms with Crippen molar-refractivity contribution in [2.75, 3.05) is 56.5 Å². The van der Waals surface area contributed by atoms with Crippen LogP contribution >= 0.6 is 0 Å². The van der Waals surface area contributed by atoms with E-state index in [0.29, 0.717) is 24.3 Å². The van der Waals surface area contributed by atoms with Gasteiger partial charge in [0.05, 0.1) is 27.1 Å². The molecule has 0 amide bonds. The van der Waals surface area contributed by atoms with Gasteiger partial charge in [0, 0.05) is 30.2 Å². The maximum atomic E-state index is 11.5. The topological polar surface area (TPSA) is 244 Å². The minimum Gasteiger partial charge on any atom is -0.507 e. The monoisotopic (exact) mass is 937 g/mol. The normalized spacial score (nSPS) is 10.4. The lowest BCUT2D eigenvalue weighted by atomic mass is 10.1. The van der Waals surface area contributed by atoms with Gasteiger partial charge in [0.15, 0.2) is 0 Å². The highest BCUT2D eigenvalue weighted by Crippen LogP contribution is 2.24. The second kappa shape index (κ2) is 27.0. The number of aromatic hydroxyl groups is 3. The molecule has 6 aromatic rings. The number of esters is 2. The van der Waals surface area contributed by atoms with E-state index in [9.17, 15) is 38.1 Å². The summed E-state index contributed by atoms with van der Waals surface area (Å²) in [5, 5.41) is 43.6. The Kier molecular flexibility index (Phi) is 21.7. The maximum absolute atomic E-state index is 11.5. The molecule has 0 atom stereocenters. The van der Waals surface area contributed by atoms with Gasteiger partial charge in [-0.25, -0.2) is 14.4 Å². The van der Waals surface area contributed by atoms with Crippen LogP contribution in [0.2, 0.25) is 0 Å². The van der Waals surface area contributed by atoms with Crippen LogP contribution in [0.1, 0.15) is 64.5 Å². The van der Waals surface area contributed by atoms with E-state index in [0.717, 1.165) is 36.9 Å². The first-order chi connectivity index (χ1) is 31.8. The van der Waals surface area contributed by atoms with Gasteiger partial charge in [0.25, 0.3) is 10.1 Å². The second-order valence-electron chi connectivity index (χ2n) is 15.1. The molecule has 0 aliphatic rings. The molecule has 0 saturated carbocycles. The Morgan fingerprint density at radius 1 is 0.537 bits per heavy atom. The largest absolute Gasteiger partial charge is 0.507 e. The number of hydrogen-bond acceptors (Lipinski definition) is 14. The molecule has 356 valence electrons. The van der Waals surface area contributed by atoms with Crippen LogP contribution in [0, 0.1) is 20.8 Å². The smallest absolute Gasteiger partial charge is 0.341 e. The number of nitrogens with two attached hydrogens (primary N) is 1. The van der Waals surface area contributed by atoms with Crippen molar-refractivity contribution in [3.8, 4) is 17.2 Å². The standard InChI is InChI=1S/C17H19NO3.C16H17NO3.C10H14O3S.C8H9NO3/c1-12-3-5-13(6-4-12)9-10-18-14-7-8-16(19)15(11-14)17(20)21-2;1-11-2-4-12(5-3-11)8-9-17-13-6-7-15(18)14(10-13)16(19)20;1-9-3-5-10(6-4-9)7-8-13-14(2,11)12;1-12-8(11)6-4-5(9)2-3-7(6)10/h3-8,11,18-19H,9-10H2,1-2H3;2-7,10,17-18H,8-9H2,1H3,(H,19,20);3-6H,7-8H2,1-2H3;2-4,10H,9H2,1H3. The Labute approximate surface area is 391 Å². The van der Waals surface area contributed by atoms with Crippen LogP contribution in [0.4, 0.5) is 17.1 Å².